The van der Waals surface area contributed by atoms with E-state index in [1.165, 1.54) is 10.6 Å². The van der Waals surface area contributed by atoms with Crippen LogP contribution in [0.2, 0.25) is 0 Å². The molecule has 0 aliphatic rings. The van der Waals surface area contributed by atoms with Gasteiger partial charge in [-0.2, -0.15) is 0 Å². The van der Waals surface area contributed by atoms with E-state index in [2.05, 4.69) is 0 Å². The number of ether oxygens (including phenoxy) is 1. The molecule has 0 atom stereocenters. The molecule has 0 bridgehead atoms. The molecule has 1 heterocycles. The number of rotatable bonds is 4. The second-order valence-corrected chi connectivity index (χ2v) is 5.08. The van der Waals surface area contributed by atoms with Gasteiger partial charge in [0, 0.05) is 18.0 Å². The van der Waals surface area contributed by atoms with Crippen LogP contribution in [0.15, 0.2) is 47.4 Å². The Balaban J connectivity index is 2.14. The van der Waals surface area contributed by atoms with Crippen molar-refractivity contribution < 1.29 is 9.53 Å². The van der Waals surface area contributed by atoms with Gasteiger partial charge in [0.25, 0.3) is 5.56 Å². The minimum atomic E-state index is -0.349. The maximum absolute atomic E-state index is 11.7. The van der Waals surface area contributed by atoms with Crippen LogP contribution in [-0.4, -0.2) is 16.6 Å². The zero-order valence-electron chi connectivity index (χ0n) is 12.1. The zero-order chi connectivity index (χ0) is 15.4. The molecule has 0 aliphatic carbocycles. The number of esters is 1. The highest BCUT2D eigenvalue weighted by molar-refractivity contribution is 5.89. The van der Waals surface area contributed by atoms with Gasteiger partial charge >= 0.3 is 5.97 Å². The lowest BCUT2D eigenvalue weighted by atomic mass is 10.1. The van der Waals surface area contributed by atoms with Crippen LogP contribution in [0.4, 0.5) is 5.69 Å². The summed E-state index contributed by atoms with van der Waals surface area (Å²) in [6.07, 6.45) is 1.45. The quantitative estimate of drug-likeness (QED) is 0.873. The monoisotopic (exact) mass is 286 g/mol. The number of nitrogen functional groups attached to an aromatic ring is 1. The third-order valence-electron chi connectivity index (χ3n) is 2.89. The summed E-state index contributed by atoms with van der Waals surface area (Å²) >= 11 is 0. The summed E-state index contributed by atoms with van der Waals surface area (Å²) in [5.41, 5.74) is 7.49. The lowest BCUT2D eigenvalue weighted by molar-refractivity contribution is 0.0378. The van der Waals surface area contributed by atoms with Crippen LogP contribution in [-0.2, 0) is 11.3 Å². The Morgan fingerprint density at radius 3 is 2.48 bits per heavy atom. The number of hydrogen-bond donors (Lipinski definition) is 1. The van der Waals surface area contributed by atoms with Crippen LogP contribution < -0.4 is 11.3 Å². The molecular formula is C16H18N2O3. The van der Waals surface area contributed by atoms with Crippen molar-refractivity contribution in [3.63, 3.8) is 0 Å². The van der Waals surface area contributed by atoms with E-state index in [1.807, 2.05) is 0 Å². The Hall–Kier alpha value is -2.56. The summed E-state index contributed by atoms with van der Waals surface area (Å²) in [5.74, 6) is -0.349. The van der Waals surface area contributed by atoms with E-state index >= 15 is 0 Å². The molecular weight excluding hydrogens is 268 g/mol. The molecule has 0 unspecified atom stereocenters. The predicted octanol–water partition coefficient (Wildman–Crippen LogP) is 2.04. The first-order valence-corrected chi connectivity index (χ1v) is 6.71. The van der Waals surface area contributed by atoms with Gasteiger partial charge in [-0.25, -0.2) is 4.79 Å². The minimum absolute atomic E-state index is 0.118. The summed E-state index contributed by atoms with van der Waals surface area (Å²) < 4.78 is 6.64. The Bertz CT molecular complexity index is 687. The van der Waals surface area contributed by atoms with E-state index in [-0.39, 0.29) is 17.6 Å². The van der Waals surface area contributed by atoms with Gasteiger partial charge in [-0.3, -0.25) is 4.79 Å². The number of nitrogens with two attached hydrogens (primary N) is 1. The number of anilines is 1. The molecule has 0 saturated carbocycles. The highest BCUT2D eigenvalue weighted by Gasteiger charge is 2.08. The molecule has 110 valence electrons. The van der Waals surface area contributed by atoms with Gasteiger partial charge in [0.05, 0.1) is 18.2 Å². The molecule has 2 rings (SSSR count). The first kappa shape index (κ1) is 14.8. The Morgan fingerprint density at radius 1 is 1.19 bits per heavy atom. The van der Waals surface area contributed by atoms with Gasteiger partial charge in [0.2, 0.25) is 0 Å². The molecule has 0 radical (unpaired) electrons. The standard InChI is InChI=1S/C16H18N2O3/c1-11(2)21-16(20)13-5-3-12(4-6-13)9-18-10-14(17)7-8-15(18)19/h3-8,10-11H,9,17H2,1-2H3. The van der Waals surface area contributed by atoms with E-state index < -0.39 is 0 Å². The van der Waals surface area contributed by atoms with Crippen molar-refractivity contribution in [1.29, 1.82) is 0 Å². The minimum Gasteiger partial charge on any atom is -0.459 e. The van der Waals surface area contributed by atoms with Crippen LogP contribution in [0, 0.1) is 0 Å². The second kappa shape index (κ2) is 6.26. The maximum atomic E-state index is 11.7. The molecule has 0 saturated heterocycles. The SMILES string of the molecule is CC(C)OC(=O)c1ccc(Cn2cc(N)ccc2=O)cc1. The van der Waals surface area contributed by atoms with Crippen molar-refractivity contribution in [2.24, 2.45) is 0 Å². The Labute approximate surface area is 123 Å². The lowest BCUT2D eigenvalue weighted by Gasteiger charge is -2.09. The summed E-state index contributed by atoms with van der Waals surface area (Å²) in [6.45, 7) is 4.01. The van der Waals surface area contributed by atoms with Crippen LogP contribution in [0.25, 0.3) is 0 Å². The van der Waals surface area contributed by atoms with Crippen LogP contribution >= 0.6 is 0 Å². The van der Waals surface area contributed by atoms with Crippen molar-refractivity contribution in [2.45, 2.75) is 26.5 Å². The fourth-order valence-electron chi connectivity index (χ4n) is 1.90. The third-order valence-corrected chi connectivity index (χ3v) is 2.89. The van der Waals surface area contributed by atoms with Crippen molar-refractivity contribution in [2.75, 3.05) is 5.73 Å². The number of aromatic nitrogens is 1. The number of carbonyl (C=O) groups excluding carboxylic acids is 1. The summed E-state index contributed by atoms with van der Waals surface area (Å²) in [7, 11) is 0. The van der Waals surface area contributed by atoms with Gasteiger partial charge in [0.15, 0.2) is 0 Å². The highest BCUT2D eigenvalue weighted by atomic mass is 16.5. The molecule has 5 nitrogen and oxygen atoms in total. The fraction of sp³-hybridized carbons (Fsp3) is 0.250. The lowest BCUT2D eigenvalue weighted by Crippen LogP contribution is -2.19. The van der Waals surface area contributed by atoms with E-state index in [4.69, 9.17) is 10.5 Å². The average Bonchev–Trinajstić information content (AvgIpc) is 2.43. The van der Waals surface area contributed by atoms with Crippen LogP contribution in [0.5, 0.6) is 0 Å². The van der Waals surface area contributed by atoms with Crippen molar-refractivity contribution in [1.82, 2.24) is 4.57 Å². The Morgan fingerprint density at radius 2 is 1.86 bits per heavy atom. The molecule has 0 aliphatic heterocycles. The number of nitrogens with zero attached hydrogens (tertiary/aromatic N) is 1. The summed E-state index contributed by atoms with van der Waals surface area (Å²) in [6, 6.07) is 9.99. The van der Waals surface area contributed by atoms with Crippen LogP contribution in [0.1, 0.15) is 29.8 Å². The van der Waals surface area contributed by atoms with E-state index in [1.54, 1.807) is 50.4 Å². The second-order valence-electron chi connectivity index (χ2n) is 5.08. The zero-order valence-corrected chi connectivity index (χ0v) is 12.1. The van der Waals surface area contributed by atoms with Crippen molar-refractivity contribution in [3.8, 4) is 0 Å². The molecule has 21 heavy (non-hydrogen) atoms. The Kier molecular flexibility index (Phi) is 4.42. The normalized spacial score (nSPS) is 10.6. The average molecular weight is 286 g/mol. The summed E-state index contributed by atoms with van der Waals surface area (Å²) in [4.78, 5) is 23.4. The molecule has 2 N–H and O–H groups in total. The maximum Gasteiger partial charge on any atom is 0.338 e. The first-order chi connectivity index (χ1) is 9.95. The van der Waals surface area contributed by atoms with Gasteiger partial charge < -0.3 is 15.0 Å². The van der Waals surface area contributed by atoms with E-state index in [9.17, 15) is 9.59 Å². The van der Waals surface area contributed by atoms with Crippen LogP contribution in [0.3, 0.4) is 0 Å². The van der Waals surface area contributed by atoms with E-state index in [0.29, 0.717) is 17.8 Å². The predicted molar refractivity (Wildman–Crippen MR) is 81.2 cm³/mol. The number of pyridine rings is 1. The van der Waals surface area contributed by atoms with Gasteiger partial charge in [-0.05, 0) is 37.6 Å². The molecule has 0 amide bonds. The van der Waals surface area contributed by atoms with Crippen molar-refractivity contribution in [3.05, 3.63) is 64.1 Å². The van der Waals surface area contributed by atoms with Crippen molar-refractivity contribution >= 4 is 11.7 Å². The largest absolute Gasteiger partial charge is 0.459 e. The molecule has 0 fully saturated rings. The molecule has 2 aromatic rings. The van der Waals surface area contributed by atoms with Gasteiger partial charge in [-0.15, -0.1) is 0 Å². The molecule has 1 aromatic heterocycles. The molecule has 1 aromatic carbocycles. The van der Waals surface area contributed by atoms with Gasteiger partial charge in [0.1, 0.15) is 0 Å². The van der Waals surface area contributed by atoms with E-state index in [0.717, 1.165) is 5.56 Å². The number of carbonyl (C=O) groups is 1. The smallest absolute Gasteiger partial charge is 0.338 e. The highest BCUT2D eigenvalue weighted by Crippen LogP contribution is 2.09. The number of hydrogen-bond acceptors (Lipinski definition) is 4. The first-order valence-electron chi connectivity index (χ1n) is 6.71. The molecule has 0 spiro atoms. The fourth-order valence-corrected chi connectivity index (χ4v) is 1.90. The van der Waals surface area contributed by atoms with Gasteiger partial charge in [-0.1, -0.05) is 12.1 Å². The molecule has 5 heteroatoms. The summed E-state index contributed by atoms with van der Waals surface area (Å²) in [5, 5.41) is 0. The third kappa shape index (κ3) is 3.95. The number of benzene rings is 1. The topological polar surface area (TPSA) is 74.3 Å².